The highest BCUT2D eigenvalue weighted by Crippen LogP contribution is 2.07. The average Bonchev–Trinajstić information content (AvgIpc) is 1.90. The minimum atomic E-state index is -0.833. The molecule has 0 bridgehead atoms. The minimum absolute atomic E-state index is 0.833. The van der Waals surface area contributed by atoms with E-state index in [-0.39, 0.29) is 0 Å². The second-order valence-electron chi connectivity index (χ2n) is 2.16. The summed E-state index contributed by atoms with van der Waals surface area (Å²) >= 11 is 0. The van der Waals surface area contributed by atoms with Gasteiger partial charge in [0.05, 0.1) is 0 Å². The summed E-state index contributed by atoms with van der Waals surface area (Å²) in [4.78, 5) is 9.00. The average molecular weight is 142 g/mol. The van der Waals surface area contributed by atoms with E-state index in [1.54, 1.807) is 0 Å². The van der Waals surface area contributed by atoms with Crippen LogP contribution in [-0.4, -0.2) is 6.03 Å². The summed E-state index contributed by atoms with van der Waals surface area (Å²) in [7, 11) is 0. The number of hydrogen-bond donors (Lipinski definition) is 2. The maximum atomic E-state index is 9.00. The molecule has 0 radical (unpaired) electrons. The Balaban J connectivity index is 0.000000180. The van der Waals surface area contributed by atoms with Gasteiger partial charge in [-0.1, -0.05) is 12.2 Å². The first-order chi connectivity index (χ1) is 4.73. The molecule has 1 aliphatic carbocycles. The minimum Gasteiger partial charge on any atom is -0.352 e. The molecule has 0 aliphatic heterocycles. The van der Waals surface area contributed by atoms with Gasteiger partial charge in [0.2, 0.25) is 0 Å². The monoisotopic (exact) mass is 142 g/mol. The summed E-state index contributed by atoms with van der Waals surface area (Å²) in [5.74, 6) is 0. The van der Waals surface area contributed by atoms with E-state index in [0.29, 0.717) is 0 Å². The van der Waals surface area contributed by atoms with E-state index in [9.17, 15) is 0 Å². The SMILES string of the molecule is C1=CCCCC1.NC(N)=O. The van der Waals surface area contributed by atoms with Crippen LogP contribution >= 0.6 is 0 Å². The van der Waals surface area contributed by atoms with Crippen LogP contribution in [0.4, 0.5) is 4.79 Å². The fraction of sp³-hybridized carbons (Fsp3) is 0.571. The van der Waals surface area contributed by atoms with Gasteiger partial charge in [-0.05, 0) is 25.7 Å². The van der Waals surface area contributed by atoms with Crippen molar-refractivity contribution in [2.75, 3.05) is 0 Å². The summed E-state index contributed by atoms with van der Waals surface area (Å²) in [5, 5.41) is 0. The third-order valence-corrected chi connectivity index (χ3v) is 1.16. The van der Waals surface area contributed by atoms with Gasteiger partial charge in [-0.2, -0.15) is 0 Å². The van der Waals surface area contributed by atoms with Crippen LogP contribution in [0.1, 0.15) is 25.7 Å². The lowest BCUT2D eigenvalue weighted by atomic mass is 10.1. The molecule has 0 heterocycles. The number of allylic oxidation sites excluding steroid dienone is 2. The molecule has 4 N–H and O–H groups in total. The molecule has 2 amide bonds. The van der Waals surface area contributed by atoms with E-state index in [4.69, 9.17) is 4.79 Å². The zero-order valence-corrected chi connectivity index (χ0v) is 6.05. The van der Waals surface area contributed by atoms with Crippen LogP contribution < -0.4 is 11.5 Å². The van der Waals surface area contributed by atoms with E-state index in [0.717, 1.165) is 0 Å². The lowest BCUT2D eigenvalue weighted by Crippen LogP contribution is -2.18. The number of carbonyl (C=O) groups is 1. The zero-order chi connectivity index (χ0) is 7.82. The van der Waals surface area contributed by atoms with Crippen LogP contribution in [0.3, 0.4) is 0 Å². The molecule has 0 atom stereocenters. The van der Waals surface area contributed by atoms with Crippen LogP contribution in [0.15, 0.2) is 12.2 Å². The second-order valence-corrected chi connectivity index (χ2v) is 2.16. The first-order valence-corrected chi connectivity index (χ1v) is 3.43. The van der Waals surface area contributed by atoms with Gasteiger partial charge in [0.15, 0.2) is 0 Å². The highest BCUT2D eigenvalue weighted by molar-refractivity contribution is 5.69. The fourth-order valence-corrected chi connectivity index (χ4v) is 0.760. The van der Waals surface area contributed by atoms with Crippen LogP contribution in [0.2, 0.25) is 0 Å². The Labute approximate surface area is 61.1 Å². The maximum Gasteiger partial charge on any atom is 0.309 e. The van der Waals surface area contributed by atoms with Crippen molar-refractivity contribution in [2.45, 2.75) is 25.7 Å². The number of primary amides is 2. The smallest absolute Gasteiger partial charge is 0.309 e. The molecule has 58 valence electrons. The molecule has 3 nitrogen and oxygen atoms in total. The Morgan fingerprint density at radius 2 is 1.40 bits per heavy atom. The standard InChI is InChI=1S/C6H10.CH4N2O/c1-2-4-6-5-3-1;2-1(3)4/h1-2H,3-6H2;(H4,2,3,4). The van der Waals surface area contributed by atoms with Crippen molar-refractivity contribution in [2.24, 2.45) is 11.5 Å². The summed E-state index contributed by atoms with van der Waals surface area (Å²) in [5.41, 5.74) is 8.50. The zero-order valence-electron chi connectivity index (χ0n) is 6.05. The predicted molar refractivity (Wildman–Crippen MR) is 41.4 cm³/mol. The predicted octanol–water partition coefficient (Wildman–Crippen LogP) is 1.14. The molecular formula is C7H14N2O. The summed E-state index contributed by atoms with van der Waals surface area (Å²) < 4.78 is 0. The molecule has 0 fully saturated rings. The Hall–Kier alpha value is -0.990. The van der Waals surface area contributed by atoms with Gasteiger partial charge in [0.25, 0.3) is 0 Å². The molecule has 10 heavy (non-hydrogen) atoms. The molecule has 1 rings (SSSR count). The highest BCUT2D eigenvalue weighted by atomic mass is 16.2. The van der Waals surface area contributed by atoms with E-state index in [1.165, 1.54) is 25.7 Å². The third kappa shape index (κ3) is 10.1. The van der Waals surface area contributed by atoms with Gasteiger partial charge in [-0.3, -0.25) is 0 Å². The Kier molecular flexibility index (Phi) is 5.53. The largest absolute Gasteiger partial charge is 0.352 e. The summed E-state index contributed by atoms with van der Waals surface area (Å²) in [6.45, 7) is 0. The Morgan fingerprint density at radius 3 is 1.50 bits per heavy atom. The van der Waals surface area contributed by atoms with Crippen molar-refractivity contribution >= 4 is 6.03 Å². The maximum absolute atomic E-state index is 9.00. The first kappa shape index (κ1) is 9.01. The van der Waals surface area contributed by atoms with Crippen molar-refractivity contribution in [3.63, 3.8) is 0 Å². The first-order valence-electron chi connectivity index (χ1n) is 3.43. The van der Waals surface area contributed by atoms with E-state index in [1.807, 2.05) is 0 Å². The van der Waals surface area contributed by atoms with Gasteiger partial charge >= 0.3 is 6.03 Å². The molecule has 0 aromatic carbocycles. The van der Waals surface area contributed by atoms with Gasteiger partial charge in [-0.25, -0.2) is 4.79 Å². The number of amides is 2. The second kappa shape index (κ2) is 6.13. The number of urea groups is 1. The molecule has 0 spiro atoms. The molecule has 0 saturated heterocycles. The summed E-state index contributed by atoms with van der Waals surface area (Å²) in [6.07, 6.45) is 10.0. The lowest BCUT2D eigenvalue weighted by Gasteiger charge is -1.97. The van der Waals surface area contributed by atoms with E-state index < -0.39 is 6.03 Å². The molecule has 3 heteroatoms. The highest BCUT2D eigenvalue weighted by Gasteiger charge is 1.87. The molecule has 0 aromatic heterocycles. The van der Waals surface area contributed by atoms with Gasteiger partial charge in [0.1, 0.15) is 0 Å². The molecule has 1 aliphatic rings. The van der Waals surface area contributed by atoms with Crippen LogP contribution in [0, 0.1) is 0 Å². The van der Waals surface area contributed by atoms with Crippen molar-refractivity contribution in [3.8, 4) is 0 Å². The third-order valence-electron chi connectivity index (χ3n) is 1.16. The van der Waals surface area contributed by atoms with E-state index >= 15 is 0 Å². The van der Waals surface area contributed by atoms with Gasteiger partial charge in [0, 0.05) is 0 Å². The Morgan fingerprint density at radius 1 is 1.10 bits per heavy atom. The topological polar surface area (TPSA) is 69.1 Å². The molecule has 0 saturated carbocycles. The number of nitrogens with two attached hydrogens (primary N) is 2. The fourth-order valence-electron chi connectivity index (χ4n) is 0.760. The Bertz CT molecular complexity index is 109. The van der Waals surface area contributed by atoms with Crippen LogP contribution in [0.25, 0.3) is 0 Å². The van der Waals surface area contributed by atoms with Crippen molar-refractivity contribution in [3.05, 3.63) is 12.2 Å². The van der Waals surface area contributed by atoms with Gasteiger partial charge in [-0.15, -0.1) is 0 Å². The number of carbonyl (C=O) groups excluding carboxylic acids is 1. The van der Waals surface area contributed by atoms with Crippen molar-refractivity contribution < 1.29 is 4.79 Å². The number of hydrogen-bond acceptors (Lipinski definition) is 1. The van der Waals surface area contributed by atoms with Crippen molar-refractivity contribution in [1.29, 1.82) is 0 Å². The van der Waals surface area contributed by atoms with Gasteiger partial charge < -0.3 is 11.5 Å². The molecular weight excluding hydrogens is 128 g/mol. The lowest BCUT2D eigenvalue weighted by molar-refractivity contribution is 0.256. The molecule has 0 aromatic rings. The normalized spacial score (nSPS) is 15.2. The van der Waals surface area contributed by atoms with Crippen LogP contribution in [-0.2, 0) is 0 Å². The summed E-state index contributed by atoms with van der Waals surface area (Å²) in [6, 6.07) is -0.833. The molecule has 0 unspecified atom stereocenters. The quantitative estimate of drug-likeness (QED) is 0.489. The van der Waals surface area contributed by atoms with E-state index in [2.05, 4.69) is 23.6 Å². The number of rotatable bonds is 0. The van der Waals surface area contributed by atoms with Crippen LogP contribution in [0.5, 0.6) is 0 Å². The van der Waals surface area contributed by atoms with Crippen molar-refractivity contribution in [1.82, 2.24) is 0 Å².